The van der Waals surface area contributed by atoms with E-state index >= 15 is 0 Å². The van der Waals surface area contributed by atoms with E-state index in [4.69, 9.17) is 0 Å². The van der Waals surface area contributed by atoms with Crippen LogP contribution < -0.4 is 5.32 Å². The average molecular weight is 304 g/mol. The number of rotatable bonds is 4. The average Bonchev–Trinajstić information content (AvgIpc) is 2.32. The maximum absolute atomic E-state index is 12.6. The molecule has 7 heteroatoms. The smallest absolute Gasteiger partial charge is 0.316 e. The lowest BCUT2D eigenvalue weighted by Crippen LogP contribution is -2.39. The van der Waals surface area contributed by atoms with Crippen LogP contribution in [0.1, 0.15) is 31.9 Å². The van der Waals surface area contributed by atoms with Crippen molar-refractivity contribution >= 4 is 5.69 Å². The fourth-order valence-corrected chi connectivity index (χ4v) is 2.14. The Bertz CT molecular complexity index is 522. The fraction of sp³-hybridized carbons (Fsp3) is 0.571. The number of benzene rings is 1. The van der Waals surface area contributed by atoms with Crippen molar-refractivity contribution in [2.24, 2.45) is 5.41 Å². The van der Waals surface area contributed by atoms with Crippen molar-refractivity contribution in [3.63, 3.8) is 0 Å². The zero-order valence-corrected chi connectivity index (χ0v) is 12.4. The first-order chi connectivity index (χ1) is 9.46. The van der Waals surface area contributed by atoms with Crippen molar-refractivity contribution in [3.05, 3.63) is 39.4 Å². The van der Waals surface area contributed by atoms with Crippen LogP contribution >= 0.6 is 0 Å². The second-order valence-corrected chi connectivity index (χ2v) is 6.01. The zero-order chi connectivity index (χ0) is 16.4. The quantitative estimate of drug-likeness (QED) is 0.680. The van der Waals surface area contributed by atoms with Gasteiger partial charge in [-0.25, -0.2) is 0 Å². The molecule has 0 aliphatic heterocycles. The molecule has 0 aliphatic rings. The van der Waals surface area contributed by atoms with Crippen molar-refractivity contribution in [2.45, 2.75) is 39.4 Å². The van der Waals surface area contributed by atoms with Crippen LogP contribution in [0.5, 0.6) is 0 Å². The Morgan fingerprint density at radius 2 is 1.86 bits per heavy atom. The number of hydrogen-bond acceptors (Lipinski definition) is 3. The lowest BCUT2D eigenvalue weighted by atomic mass is 9.82. The van der Waals surface area contributed by atoms with E-state index in [0.29, 0.717) is 11.6 Å². The van der Waals surface area contributed by atoms with E-state index in [-0.39, 0.29) is 17.9 Å². The monoisotopic (exact) mass is 304 g/mol. The lowest BCUT2D eigenvalue weighted by Gasteiger charge is -2.30. The van der Waals surface area contributed by atoms with Crippen molar-refractivity contribution in [3.8, 4) is 0 Å². The summed E-state index contributed by atoms with van der Waals surface area (Å²) < 4.78 is 37.9. The molecule has 118 valence electrons. The maximum atomic E-state index is 12.6. The second-order valence-electron chi connectivity index (χ2n) is 6.01. The molecule has 1 aromatic carbocycles. The van der Waals surface area contributed by atoms with Crippen LogP contribution in [0.3, 0.4) is 0 Å². The molecule has 1 unspecified atom stereocenters. The Balaban J connectivity index is 3.22. The molecule has 0 amide bonds. The van der Waals surface area contributed by atoms with Crippen LogP contribution in [0.4, 0.5) is 18.9 Å². The van der Waals surface area contributed by atoms with E-state index < -0.39 is 22.4 Å². The fourth-order valence-electron chi connectivity index (χ4n) is 2.14. The van der Waals surface area contributed by atoms with Gasteiger partial charge in [0.1, 0.15) is 0 Å². The molecule has 0 fully saturated rings. The summed E-state index contributed by atoms with van der Waals surface area (Å²) in [4.78, 5) is 10.3. The molecule has 0 saturated carbocycles. The van der Waals surface area contributed by atoms with Gasteiger partial charge in [-0.3, -0.25) is 10.1 Å². The van der Waals surface area contributed by atoms with E-state index in [0.717, 1.165) is 6.07 Å². The van der Waals surface area contributed by atoms with Gasteiger partial charge in [0.05, 0.1) is 10.5 Å². The maximum Gasteiger partial charge on any atom is 0.416 e. The van der Waals surface area contributed by atoms with E-state index in [1.165, 1.54) is 6.07 Å². The molecule has 0 aliphatic carbocycles. The lowest BCUT2D eigenvalue weighted by molar-refractivity contribution is -0.385. The molecule has 4 nitrogen and oxygen atoms in total. The summed E-state index contributed by atoms with van der Waals surface area (Å²) in [7, 11) is 1.73. The standard InChI is InChI=1S/C14H19F3N2O2/c1-13(2,3)12(18-4)7-9-5-6-10(14(15,16)17)8-11(9)19(20)21/h5-6,8,12,18H,7H2,1-4H3. The Morgan fingerprint density at radius 3 is 2.24 bits per heavy atom. The molecule has 1 aromatic rings. The molecule has 0 aromatic heterocycles. The first-order valence-corrected chi connectivity index (χ1v) is 6.48. The van der Waals surface area contributed by atoms with E-state index in [9.17, 15) is 23.3 Å². The molecule has 1 atom stereocenters. The highest BCUT2D eigenvalue weighted by Gasteiger charge is 2.34. The van der Waals surface area contributed by atoms with Gasteiger partial charge in [0.15, 0.2) is 0 Å². The summed E-state index contributed by atoms with van der Waals surface area (Å²) in [5.41, 5.74) is -1.38. The van der Waals surface area contributed by atoms with Crippen LogP contribution in [0, 0.1) is 15.5 Å². The van der Waals surface area contributed by atoms with Gasteiger partial charge in [-0.2, -0.15) is 13.2 Å². The second kappa shape index (κ2) is 6.01. The third-order valence-corrected chi connectivity index (χ3v) is 3.43. The summed E-state index contributed by atoms with van der Waals surface area (Å²) in [5.74, 6) is 0. The third-order valence-electron chi connectivity index (χ3n) is 3.43. The third kappa shape index (κ3) is 4.42. The summed E-state index contributed by atoms with van der Waals surface area (Å²) in [6.07, 6.45) is -4.30. The minimum absolute atomic E-state index is 0.0899. The topological polar surface area (TPSA) is 55.2 Å². The molecule has 0 bridgehead atoms. The minimum Gasteiger partial charge on any atom is -0.316 e. The predicted molar refractivity (Wildman–Crippen MR) is 74.1 cm³/mol. The van der Waals surface area contributed by atoms with Crippen LogP contribution in [0.15, 0.2) is 18.2 Å². The van der Waals surface area contributed by atoms with Crippen molar-refractivity contribution < 1.29 is 18.1 Å². The number of nitrogens with one attached hydrogen (secondary N) is 1. The van der Waals surface area contributed by atoms with Crippen LogP contribution in [0.2, 0.25) is 0 Å². The first-order valence-electron chi connectivity index (χ1n) is 6.48. The summed E-state index contributed by atoms with van der Waals surface area (Å²) in [5, 5.41) is 14.1. The summed E-state index contributed by atoms with van der Waals surface area (Å²) in [6.45, 7) is 5.89. The number of nitrogens with zero attached hydrogens (tertiary/aromatic N) is 1. The largest absolute Gasteiger partial charge is 0.416 e. The highest BCUT2D eigenvalue weighted by atomic mass is 19.4. The van der Waals surface area contributed by atoms with Gasteiger partial charge in [0.25, 0.3) is 5.69 Å². The number of nitro benzene ring substituents is 1. The van der Waals surface area contributed by atoms with Crippen molar-refractivity contribution in [1.29, 1.82) is 0 Å². The number of alkyl halides is 3. The number of nitro groups is 1. The minimum atomic E-state index is -4.59. The predicted octanol–water partition coefficient (Wildman–Crippen LogP) is 3.79. The SMILES string of the molecule is CNC(Cc1ccc(C(F)(F)F)cc1[N+](=O)[O-])C(C)(C)C. The normalized spacial score (nSPS) is 14.0. The Labute approximate surface area is 121 Å². The highest BCUT2D eigenvalue weighted by Crippen LogP contribution is 2.34. The number of halogens is 3. The first kappa shape index (κ1) is 17.4. The van der Waals surface area contributed by atoms with Crippen LogP contribution in [0.25, 0.3) is 0 Å². The molecular formula is C14H19F3N2O2. The molecule has 0 heterocycles. The van der Waals surface area contributed by atoms with Gasteiger partial charge in [-0.1, -0.05) is 26.8 Å². The summed E-state index contributed by atoms with van der Waals surface area (Å²) >= 11 is 0. The molecular weight excluding hydrogens is 285 g/mol. The van der Waals surface area contributed by atoms with E-state index in [1.54, 1.807) is 7.05 Å². The van der Waals surface area contributed by atoms with Gasteiger partial charge >= 0.3 is 6.18 Å². The van der Waals surface area contributed by atoms with Gasteiger partial charge < -0.3 is 5.32 Å². The number of hydrogen-bond donors (Lipinski definition) is 1. The molecule has 1 rings (SSSR count). The van der Waals surface area contributed by atoms with Crippen LogP contribution in [-0.2, 0) is 12.6 Å². The zero-order valence-electron chi connectivity index (χ0n) is 12.4. The molecule has 0 radical (unpaired) electrons. The number of likely N-dealkylation sites (N-methyl/N-ethyl adjacent to an activating group) is 1. The van der Waals surface area contributed by atoms with Gasteiger partial charge in [0, 0.05) is 17.7 Å². The Kier molecular flexibility index (Phi) is 4.99. The Morgan fingerprint density at radius 1 is 1.29 bits per heavy atom. The molecule has 1 N–H and O–H groups in total. The Hall–Kier alpha value is -1.63. The van der Waals surface area contributed by atoms with Crippen molar-refractivity contribution in [1.82, 2.24) is 5.32 Å². The van der Waals surface area contributed by atoms with E-state index in [2.05, 4.69) is 5.32 Å². The van der Waals surface area contributed by atoms with Gasteiger partial charge in [-0.05, 0) is 24.9 Å². The van der Waals surface area contributed by atoms with E-state index in [1.807, 2.05) is 20.8 Å². The van der Waals surface area contributed by atoms with Crippen LogP contribution in [-0.4, -0.2) is 18.0 Å². The highest BCUT2D eigenvalue weighted by molar-refractivity contribution is 5.44. The summed E-state index contributed by atoms with van der Waals surface area (Å²) in [6, 6.07) is 2.59. The molecule has 0 saturated heterocycles. The van der Waals surface area contributed by atoms with Crippen molar-refractivity contribution in [2.75, 3.05) is 7.05 Å². The molecule has 21 heavy (non-hydrogen) atoms. The molecule has 0 spiro atoms. The van der Waals surface area contributed by atoms with Gasteiger partial charge in [-0.15, -0.1) is 0 Å². The van der Waals surface area contributed by atoms with Gasteiger partial charge in [0.2, 0.25) is 0 Å².